The van der Waals surface area contributed by atoms with E-state index in [1.54, 1.807) is 7.11 Å². The van der Waals surface area contributed by atoms with Crippen molar-refractivity contribution in [3.8, 4) is 5.75 Å². The molecule has 0 radical (unpaired) electrons. The number of hydrogen-bond acceptors (Lipinski definition) is 3. The highest BCUT2D eigenvalue weighted by Crippen LogP contribution is 2.41. The molecule has 1 atom stereocenters. The van der Waals surface area contributed by atoms with E-state index in [4.69, 9.17) is 10.5 Å². The third kappa shape index (κ3) is 2.32. The third-order valence-electron chi connectivity index (χ3n) is 3.92. The van der Waals surface area contributed by atoms with Crippen molar-refractivity contribution >= 4 is 5.69 Å². The largest absolute Gasteiger partial charge is 0.495 e. The Labute approximate surface area is 110 Å². The standard InChI is InChI=1S/C15H24N2O/c1-11-5-6-14(18-4)13(7-11)17-10-12(9-16)8-15(17,2)3/h5-7,12H,8-10,16H2,1-4H3. The molecule has 3 heteroatoms. The zero-order valence-corrected chi connectivity index (χ0v) is 11.9. The summed E-state index contributed by atoms with van der Waals surface area (Å²) in [7, 11) is 1.73. The molecule has 1 aliphatic rings. The van der Waals surface area contributed by atoms with Gasteiger partial charge < -0.3 is 15.4 Å². The van der Waals surface area contributed by atoms with Crippen LogP contribution in [0.2, 0.25) is 0 Å². The number of benzene rings is 1. The van der Waals surface area contributed by atoms with E-state index in [-0.39, 0.29) is 5.54 Å². The smallest absolute Gasteiger partial charge is 0.142 e. The zero-order valence-electron chi connectivity index (χ0n) is 11.9. The Morgan fingerprint density at radius 1 is 1.44 bits per heavy atom. The minimum absolute atomic E-state index is 0.144. The van der Waals surface area contributed by atoms with Gasteiger partial charge in [-0.3, -0.25) is 0 Å². The van der Waals surface area contributed by atoms with Crippen LogP contribution in [0.4, 0.5) is 5.69 Å². The highest BCUT2D eigenvalue weighted by atomic mass is 16.5. The summed E-state index contributed by atoms with van der Waals surface area (Å²) < 4.78 is 5.50. The molecule has 1 aromatic carbocycles. The van der Waals surface area contributed by atoms with Crippen LogP contribution in [0.5, 0.6) is 5.75 Å². The van der Waals surface area contributed by atoms with E-state index in [9.17, 15) is 0 Å². The molecule has 0 spiro atoms. The molecular formula is C15H24N2O. The number of nitrogens with two attached hydrogens (primary N) is 1. The topological polar surface area (TPSA) is 38.5 Å². The lowest BCUT2D eigenvalue weighted by molar-refractivity contribution is 0.409. The number of hydrogen-bond donors (Lipinski definition) is 1. The van der Waals surface area contributed by atoms with Crippen molar-refractivity contribution in [3.63, 3.8) is 0 Å². The van der Waals surface area contributed by atoms with Crippen LogP contribution in [0.1, 0.15) is 25.8 Å². The fourth-order valence-corrected chi connectivity index (χ4v) is 2.98. The van der Waals surface area contributed by atoms with Crippen molar-refractivity contribution in [2.24, 2.45) is 11.7 Å². The normalized spacial score (nSPS) is 22.3. The van der Waals surface area contributed by atoms with Gasteiger partial charge in [-0.15, -0.1) is 0 Å². The molecule has 100 valence electrons. The SMILES string of the molecule is COc1ccc(C)cc1N1CC(CN)CC1(C)C. The number of nitrogens with zero attached hydrogens (tertiary/aromatic N) is 1. The van der Waals surface area contributed by atoms with Gasteiger partial charge >= 0.3 is 0 Å². The van der Waals surface area contributed by atoms with Gasteiger partial charge in [0.15, 0.2) is 0 Å². The molecule has 1 saturated heterocycles. The van der Waals surface area contributed by atoms with Gasteiger partial charge in [-0.25, -0.2) is 0 Å². The van der Waals surface area contributed by atoms with Crippen molar-refractivity contribution < 1.29 is 4.74 Å². The van der Waals surface area contributed by atoms with Crippen LogP contribution in [0.25, 0.3) is 0 Å². The zero-order chi connectivity index (χ0) is 13.3. The average Bonchev–Trinajstić information content (AvgIpc) is 2.64. The lowest BCUT2D eigenvalue weighted by Crippen LogP contribution is -2.38. The summed E-state index contributed by atoms with van der Waals surface area (Å²) in [6.45, 7) is 8.46. The summed E-state index contributed by atoms with van der Waals surface area (Å²) in [5.74, 6) is 1.52. The highest BCUT2D eigenvalue weighted by molar-refractivity contribution is 5.62. The van der Waals surface area contributed by atoms with Gasteiger partial charge in [0.25, 0.3) is 0 Å². The van der Waals surface area contributed by atoms with E-state index in [0.29, 0.717) is 5.92 Å². The number of anilines is 1. The maximum atomic E-state index is 5.84. The predicted octanol–water partition coefficient (Wildman–Crippen LogP) is 2.57. The fourth-order valence-electron chi connectivity index (χ4n) is 2.98. The monoisotopic (exact) mass is 248 g/mol. The van der Waals surface area contributed by atoms with Crippen LogP contribution < -0.4 is 15.4 Å². The Morgan fingerprint density at radius 2 is 2.17 bits per heavy atom. The van der Waals surface area contributed by atoms with Gasteiger partial charge in [-0.1, -0.05) is 6.07 Å². The molecule has 2 N–H and O–H groups in total. The van der Waals surface area contributed by atoms with Crippen LogP contribution in [0.3, 0.4) is 0 Å². The molecule has 1 aliphatic heterocycles. The van der Waals surface area contributed by atoms with Gasteiger partial charge in [0.05, 0.1) is 12.8 Å². The molecule has 0 saturated carbocycles. The second-order valence-electron chi connectivity index (χ2n) is 5.90. The van der Waals surface area contributed by atoms with Crippen LogP contribution in [-0.4, -0.2) is 25.7 Å². The van der Waals surface area contributed by atoms with E-state index in [1.807, 2.05) is 0 Å². The Morgan fingerprint density at radius 3 is 2.72 bits per heavy atom. The second-order valence-corrected chi connectivity index (χ2v) is 5.90. The molecule has 1 unspecified atom stereocenters. The van der Waals surface area contributed by atoms with Crippen LogP contribution in [-0.2, 0) is 0 Å². The van der Waals surface area contributed by atoms with Gasteiger partial charge in [-0.2, -0.15) is 0 Å². The summed E-state index contributed by atoms with van der Waals surface area (Å²) >= 11 is 0. The Kier molecular flexibility index (Phi) is 3.53. The summed E-state index contributed by atoms with van der Waals surface area (Å²) in [5, 5.41) is 0. The predicted molar refractivity (Wildman–Crippen MR) is 76.3 cm³/mol. The van der Waals surface area contributed by atoms with Crippen LogP contribution >= 0.6 is 0 Å². The van der Waals surface area contributed by atoms with Gasteiger partial charge in [0.1, 0.15) is 5.75 Å². The maximum absolute atomic E-state index is 5.84. The molecular weight excluding hydrogens is 224 g/mol. The van der Waals surface area contributed by atoms with E-state index in [2.05, 4.69) is 43.9 Å². The molecule has 18 heavy (non-hydrogen) atoms. The van der Waals surface area contributed by atoms with Crippen molar-refractivity contribution in [2.45, 2.75) is 32.7 Å². The first-order chi connectivity index (χ1) is 8.47. The first-order valence-electron chi connectivity index (χ1n) is 6.60. The molecule has 1 fully saturated rings. The summed E-state index contributed by atoms with van der Waals surface area (Å²) in [6.07, 6.45) is 1.14. The molecule has 0 aromatic heterocycles. The van der Waals surface area contributed by atoms with Gasteiger partial charge in [0, 0.05) is 12.1 Å². The minimum atomic E-state index is 0.144. The van der Waals surface area contributed by atoms with Crippen LogP contribution in [0.15, 0.2) is 18.2 Å². The molecule has 1 heterocycles. The Hall–Kier alpha value is -1.22. The van der Waals surface area contributed by atoms with E-state index >= 15 is 0 Å². The number of aryl methyl sites for hydroxylation is 1. The van der Waals surface area contributed by atoms with E-state index in [1.165, 1.54) is 11.3 Å². The first kappa shape index (κ1) is 13.2. The van der Waals surface area contributed by atoms with Crippen LogP contribution in [0, 0.1) is 12.8 Å². The number of methoxy groups -OCH3 is 1. The van der Waals surface area contributed by atoms with Crippen molar-refractivity contribution in [2.75, 3.05) is 25.1 Å². The molecule has 0 aliphatic carbocycles. The van der Waals surface area contributed by atoms with Gasteiger partial charge in [0.2, 0.25) is 0 Å². The summed E-state index contributed by atoms with van der Waals surface area (Å²) in [6, 6.07) is 6.35. The highest BCUT2D eigenvalue weighted by Gasteiger charge is 2.38. The van der Waals surface area contributed by atoms with Crippen molar-refractivity contribution in [1.29, 1.82) is 0 Å². The molecule has 3 nitrogen and oxygen atoms in total. The second kappa shape index (κ2) is 4.81. The quantitative estimate of drug-likeness (QED) is 0.893. The summed E-state index contributed by atoms with van der Waals surface area (Å²) in [4.78, 5) is 2.44. The van der Waals surface area contributed by atoms with E-state index < -0.39 is 0 Å². The van der Waals surface area contributed by atoms with Crippen molar-refractivity contribution in [3.05, 3.63) is 23.8 Å². The molecule has 0 amide bonds. The lowest BCUT2D eigenvalue weighted by Gasteiger charge is -2.34. The van der Waals surface area contributed by atoms with E-state index in [0.717, 1.165) is 25.3 Å². The summed E-state index contributed by atoms with van der Waals surface area (Å²) in [5.41, 5.74) is 8.44. The third-order valence-corrected chi connectivity index (χ3v) is 3.92. The first-order valence-corrected chi connectivity index (χ1v) is 6.60. The molecule has 2 rings (SSSR count). The average molecular weight is 248 g/mol. The molecule has 0 bridgehead atoms. The Bertz CT molecular complexity index is 429. The lowest BCUT2D eigenvalue weighted by atomic mass is 9.96. The number of rotatable bonds is 3. The minimum Gasteiger partial charge on any atom is -0.495 e. The molecule has 1 aromatic rings. The van der Waals surface area contributed by atoms with Gasteiger partial charge in [-0.05, 0) is 57.4 Å². The van der Waals surface area contributed by atoms with Crippen molar-refractivity contribution in [1.82, 2.24) is 0 Å². The Balaban J connectivity index is 2.39. The number of ether oxygens (including phenoxy) is 1. The maximum Gasteiger partial charge on any atom is 0.142 e. The fraction of sp³-hybridized carbons (Fsp3) is 0.600.